The molecule has 0 saturated carbocycles. The summed E-state index contributed by atoms with van der Waals surface area (Å²) in [6.45, 7) is 10.3. The Morgan fingerprint density at radius 3 is 2.59 bits per heavy atom. The highest BCUT2D eigenvalue weighted by atomic mass is 32.2. The van der Waals surface area contributed by atoms with Gasteiger partial charge >= 0.3 is 5.97 Å². The molecule has 0 radical (unpaired) electrons. The van der Waals surface area contributed by atoms with Crippen LogP contribution in [0.3, 0.4) is 0 Å². The third-order valence-corrected chi connectivity index (χ3v) is 5.96. The maximum atomic E-state index is 13.3. The van der Waals surface area contributed by atoms with E-state index in [1.807, 2.05) is 69.2 Å². The number of ether oxygens (including phenoxy) is 2. The van der Waals surface area contributed by atoms with Crippen LogP contribution in [0.4, 0.5) is 0 Å². The highest BCUT2D eigenvalue weighted by Crippen LogP contribution is 2.45. The number of nitrogens with zero attached hydrogens (tertiary/aromatic N) is 2. The summed E-state index contributed by atoms with van der Waals surface area (Å²) in [7, 11) is 1.60. The lowest BCUT2D eigenvalue weighted by atomic mass is 9.91. The van der Waals surface area contributed by atoms with Crippen molar-refractivity contribution in [3.63, 3.8) is 0 Å². The maximum absolute atomic E-state index is 13.3. The van der Waals surface area contributed by atoms with Gasteiger partial charge in [0.05, 0.1) is 30.3 Å². The molecule has 0 fully saturated rings. The number of benzene rings is 1. The lowest BCUT2D eigenvalue weighted by Crippen LogP contribution is -2.39. The van der Waals surface area contributed by atoms with Crippen molar-refractivity contribution in [3.05, 3.63) is 57.8 Å². The molecule has 2 aliphatic rings. The average molecular weight is 458 g/mol. The van der Waals surface area contributed by atoms with E-state index in [0.29, 0.717) is 24.4 Å². The van der Waals surface area contributed by atoms with E-state index in [1.54, 1.807) is 7.11 Å². The summed E-state index contributed by atoms with van der Waals surface area (Å²) in [6, 6.07) is 7.54. The molecular weight excluding hydrogens is 426 g/mol. The van der Waals surface area contributed by atoms with Gasteiger partial charge in [-0.3, -0.25) is 4.79 Å². The molecule has 7 nitrogen and oxygen atoms in total. The second kappa shape index (κ2) is 9.92. The lowest BCUT2D eigenvalue weighted by Gasteiger charge is -2.37. The molecule has 1 atom stereocenters. The quantitative estimate of drug-likeness (QED) is 0.491. The monoisotopic (exact) mass is 457 g/mol. The van der Waals surface area contributed by atoms with Crippen LogP contribution >= 0.6 is 11.8 Å². The van der Waals surface area contributed by atoms with E-state index in [9.17, 15) is 9.59 Å². The van der Waals surface area contributed by atoms with Crippen molar-refractivity contribution in [2.75, 3.05) is 20.3 Å². The number of thioether (sulfide) groups is 1. The van der Waals surface area contributed by atoms with Crippen LogP contribution in [0, 0.1) is 6.92 Å². The Kier molecular flexibility index (Phi) is 7.46. The van der Waals surface area contributed by atoms with Crippen LogP contribution in [0.5, 0.6) is 0 Å². The zero-order chi connectivity index (χ0) is 23.5. The molecule has 2 aliphatic heterocycles. The van der Waals surface area contributed by atoms with Crippen molar-refractivity contribution in [1.82, 2.24) is 10.2 Å². The molecule has 3 rings (SSSR count). The van der Waals surface area contributed by atoms with Crippen molar-refractivity contribution in [1.29, 1.82) is 0 Å². The number of carbonyl (C=O) groups is 2. The van der Waals surface area contributed by atoms with Crippen molar-refractivity contribution in [2.45, 2.75) is 52.7 Å². The highest BCUT2D eigenvalue weighted by molar-refractivity contribution is 8.16. The Bertz CT molecular complexity index is 991. The van der Waals surface area contributed by atoms with Gasteiger partial charge in [0.25, 0.3) is 0 Å². The van der Waals surface area contributed by atoms with Gasteiger partial charge < -0.3 is 19.7 Å². The minimum absolute atomic E-state index is 0.108. The number of amides is 1. The molecule has 8 heteroatoms. The normalized spacial score (nSPS) is 18.2. The highest BCUT2D eigenvalue weighted by Gasteiger charge is 2.42. The first-order chi connectivity index (χ1) is 15.1. The summed E-state index contributed by atoms with van der Waals surface area (Å²) in [5.74, 6) is -0.504. The van der Waals surface area contributed by atoms with Crippen LogP contribution in [-0.2, 0) is 19.1 Å². The molecular formula is C24H31N3O4S. The number of aryl methyl sites for hydroxylation is 1. The molecule has 0 aromatic heterocycles. The Morgan fingerprint density at radius 1 is 1.22 bits per heavy atom. The number of methoxy groups -OCH3 is 1. The van der Waals surface area contributed by atoms with Crippen molar-refractivity contribution >= 4 is 28.8 Å². The van der Waals surface area contributed by atoms with E-state index >= 15 is 0 Å². The van der Waals surface area contributed by atoms with Crippen LogP contribution in [0.2, 0.25) is 0 Å². The van der Waals surface area contributed by atoms with E-state index < -0.39 is 17.6 Å². The van der Waals surface area contributed by atoms with Crippen LogP contribution in [0.25, 0.3) is 0 Å². The standard InChI is InChI=1S/C24H31N3O4S/c1-15-9-7-8-10-18(15)21-20(22(29)31-24(3,4)5)16(2)26-23-27(21)17(14-32-23)13-19(28)25-11-12-30-6/h7-10,14,21H,11-13H2,1-6H3,(H,25,28). The molecule has 32 heavy (non-hydrogen) atoms. The summed E-state index contributed by atoms with van der Waals surface area (Å²) < 4.78 is 10.8. The van der Waals surface area contributed by atoms with Gasteiger partial charge in [0.1, 0.15) is 5.60 Å². The third kappa shape index (κ3) is 5.42. The van der Waals surface area contributed by atoms with Crippen LogP contribution < -0.4 is 5.32 Å². The smallest absolute Gasteiger partial charge is 0.338 e. The van der Waals surface area contributed by atoms with Gasteiger partial charge in [0.15, 0.2) is 5.17 Å². The number of rotatable bonds is 7. The molecule has 1 N–H and O–H groups in total. The maximum Gasteiger partial charge on any atom is 0.338 e. The van der Waals surface area contributed by atoms with Crippen LogP contribution in [0.15, 0.2) is 51.6 Å². The zero-order valence-electron chi connectivity index (χ0n) is 19.5. The van der Waals surface area contributed by atoms with Crippen molar-refractivity contribution in [2.24, 2.45) is 4.99 Å². The first kappa shape index (κ1) is 24.1. The number of esters is 1. The molecule has 1 aromatic carbocycles. The third-order valence-electron chi connectivity index (χ3n) is 5.07. The van der Waals surface area contributed by atoms with Gasteiger partial charge in [-0.15, -0.1) is 0 Å². The topological polar surface area (TPSA) is 80.2 Å². The summed E-state index contributed by atoms with van der Waals surface area (Å²) >= 11 is 1.46. The van der Waals surface area contributed by atoms with E-state index in [4.69, 9.17) is 14.5 Å². The first-order valence-corrected chi connectivity index (χ1v) is 11.5. The minimum atomic E-state index is -0.635. The SMILES string of the molecule is COCCNC(=O)CC1=CSC2=NC(C)=C(C(=O)OC(C)(C)C)C(c3ccccc3C)N12. The van der Waals surface area contributed by atoms with Crippen molar-refractivity contribution in [3.8, 4) is 0 Å². The lowest BCUT2D eigenvalue weighted by molar-refractivity contribution is -0.150. The Labute approximate surface area is 193 Å². The molecule has 2 heterocycles. The predicted octanol–water partition coefficient (Wildman–Crippen LogP) is 4.06. The Balaban J connectivity index is 2.00. The fourth-order valence-electron chi connectivity index (χ4n) is 3.67. The number of allylic oxidation sites excluding steroid dienone is 1. The van der Waals surface area contributed by atoms with Crippen molar-refractivity contribution < 1.29 is 19.1 Å². The fourth-order valence-corrected chi connectivity index (χ4v) is 4.64. The minimum Gasteiger partial charge on any atom is -0.456 e. The van der Waals surface area contributed by atoms with E-state index in [-0.39, 0.29) is 12.3 Å². The number of hydrogen-bond acceptors (Lipinski definition) is 7. The molecule has 1 aromatic rings. The summed E-state index contributed by atoms with van der Waals surface area (Å²) in [5.41, 5.74) is 3.31. The second-order valence-electron chi connectivity index (χ2n) is 8.77. The zero-order valence-corrected chi connectivity index (χ0v) is 20.3. The van der Waals surface area contributed by atoms with Gasteiger partial charge in [-0.1, -0.05) is 36.0 Å². The largest absolute Gasteiger partial charge is 0.456 e. The van der Waals surface area contributed by atoms with Crippen LogP contribution in [0.1, 0.15) is 51.3 Å². The van der Waals surface area contributed by atoms with E-state index in [0.717, 1.165) is 22.0 Å². The summed E-state index contributed by atoms with van der Waals surface area (Å²) in [5, 5.41) is 5.55. The Morgan fingerprint density at radius 2 is 1.94 bits per heavy atom. The summed E-state index contributed by atoms with van der Waals surface area (Å²) in [4.78, 5) is 32.5. The number of fused-ring (bicyclic) bond motifs is 1. The number of amidine groups is 1. The second-order valence-corrected chi connectivity index (χ2v) is 9.61. The number of hydrogen-bond donors (Lipinski definition) is 1. The molecule has 0 spiro atoms. The molecule has 1 amide bonds. The van der Waals surface area contributed by atoms with E-state index in [1.165, 1.54) is 11.8 Å². The molecule has 0 saturated heterocycles. The Hall–Kier alpha value is -2.58. The first-order valence-electron chi connectivity index (χ1n) is 10.6. The molecule has 0 bridgehead atoms. The number of carbonyl (C=O) groups excluding carboxylic acids is 2. The predicted molar refractivity (Wildman–Crippen MR) is 127 cm³/mol. The van der Waals surface area contributed by atoms with E-state index in [2.05, 4.69) is 5.32 Å². The molecule has 1 unspecified atom stereocenters. The average Bonchev–Trinajstić information content (AvgIpc) is 3.08. The number of nitrogens with one attached hydrogen (secondary N) is 1. The van der Waals surface area contributed by atoms with Crippen LogP contribution in [-0.4, -0.2) is 47.8 Å². The molecule has 172 valence electrons. The summed E-state index contributed by atoms with van der Waals surface area (Å²) in [6.07, 6.45) is 0.179. The van der Waals surface area contributed by atoms with Gasteiger partial charge in [-0.05, 0) is 51.2 Å². The van der Waals surface area contributed by atoms with Gasteiger partial charge in [-0.2, -0.15) is 0 Å². The number of aliphatic imine (C=N–C) groups is 1. The fraction of sp³-hybridized carbons (Fsp3) is 0.458. The molecule has 0 aliphatic carbocycles. The van der Waals surface area contributed by atoms with Gasteiger partial charge in [0.2, 0.25) is 5.91 Å². The van der Waals surface area contributed by atoms with Gasteiger partial charge in [0, 0.05) is 19.4 Å². The van der Waals surface area contributed by atoms with Gasteiger partial charge in [-0.25, -0.2) is 9.79 Å².